The van der Waals surface area contributed by atoms with Crippen molar-refractivity contribution in [1.82, 2.24) is 10.2 Å². The number of allylic oxidation sites excluding steroid dienone is 3. The lowest BCUT2D eigenvalue weighted by Crippen LogP contribution is -2.42. The molecule has 10 nitrogen and oxygen atoms in total. The zero-order valence-corrected chi connectivity index (χ0v) is 26.3. The summed E-state index contributed by atoms with van der Waals surface area (Å²) < 4.78 is 11.1. The number of amides is 1. The number of nitrogens with zero attached hydrogens (tertiary/aromatic N) is 4. The van der Waals surface area contributed by atoms with Crippen LogP contribution in [-0.4, -0.2) is 41.9 Å². The van der Waals surface area contributed by atoms with E-state index in [1.165, 1.54) is 30.2 Å². The maximum absolute atomic E-state index is 13.7. The number of hydrogen-bond acceptors (Lipinski definition) is 11. The van der Waals surface area contributed by atoms with Crippen molar-refractivity contribution in [2.75, 3.05) is 30.2 Å². The molecule has 1 atom stereocenters. The quantitative estimate of drug-likeness (QED) is 0.288. The largest absolute Gasteiger partial charge is 0.497 e. The predicted octanol–water partition coefficient (Wildman–Crippen LogP) is 5.88. The van der Waals surface area contributed by atoms with E-state index in [9.17, 15) is 14.9 Å². The van der Waals surface area contributed by atoms with Gasteiger partial charge in [-0.1, -0.05) is 60.7 Å². The molecule has 222 valence electrons. The molecule has 1 amide bonds. The molecule has 2 heterocycles. The molecule has 3 aromatic rings. The molecule has 5 rings (SSSR count). The van der Waals surface area contributed by atoms with Gasteiger partial charge in [0.1, 0.15) is 17.3 Å². The molecule has 1 aliphatic heterocycles. The van der Waals surface area contributed by atoms with E-state index in [-0.39, 0.29) is 34.3 Å². The molecular formula is C30H29ClN6O4S2. The Labute approximate surface area is 262 Å². The standard InChI is InChI=1S/C30H29ClN6O4S2/c1-30(2)12-21-26(22(38)13-30)25(16-5-8-18(40-3)9-6-16)19(14-32)27(33)37(21)28-35-36-29(43-28)42-15-24(39)34-20-11-17(31)7-10-23(20)41-4/h5-11,25H,12-13,15,33H2,1-4H3,(H,34,39). The van der Waals surface area contributed by atoms with Gasteiger partial charge in [-0.05, 0) is 47.7 Å². The van der Waals surface area contributed by atoms with Crippen molar-refractivity contribution < 1.29 is 19.1 Å². The van der Waals surface area contributed by atoms with Crippen molar-refractivity contribution in [3.05, 3.63) is 75.7 Å². The van der Waals surface area contributed by atoms with Gasteiger partial charge in [-0.3, -0.25) is 14.5 Å². The van der Waals surface area contributed by atoms with Crippen molar-refractivity contribution in [3.8, 4) is 17.6 Å². The lowest BCUT2D eigenvalue weighted by atomic mass is 9.68. The van der Waals surface area contributed by atoms with Gasteiger partial charge in [0.05, 0.1) is 43.2 Å². The van der Waals surface area contributed by atoms with E-state index in [1.54, 1.807) is 42.3 Å². The number of thioether (sulfide) groups is 1. The maximum atomic E-state index is 13.7. The highest BCUT2D eigenvalue weighted by molar-refractivity contribution is 8.01. The van der Waals surface area contributed by atoms with Crippen LogP contribution >= 0.6 is 34.7 Å². The second-order valence-electron chi connectivity index (χ2n) is 10.8. The lowest BCUT2D eigenvalue weighted by molar-refractivity contribution is -0.118. The fourth-order valence-electron chi connectivity index (χ4n) is 5.30. The summed E-state index contributed by atoms with van der Waals surface area (Å²) >= 11 is 8.51. The molecule has 0 saturated heterocycles. The molecular weight excluding hydrogens is 608 g/mol. The minimum atomic E-state index is -0.611. The Morgan fingerprint density at radius 3 is 2.63 bits per heavy atom. The average molecular weight is 637 g/mol. The van der Waals surface area contributed by atoms with Crippen LogP contribution in [0.4, 0.5) is 10.8 Å². The van der Waals surface area contributed by atoms with Crippen LogP contribution in [0.25, 0.3) is 0 Å². The van der Waals surface area contributed by atoms with Crippen molar-refractivity contribution in [2.45, 2.75) is 36.9 Å². The number of halogens is 1. The van der Waals surface area contributed by atoms with E-state index in [2.05, 4.69) is 21.6 Å². The molecule has 0 saturated carbocycles. The molecule has 1 aromatic heterocycles. The highest BCUT2D eigenvalue weighted by Crippen LogP contribution is 2.50. The Balaban J connectivity index is 1.45. The molecule has 2 aromatic carbocycles. The number of aromatic nitrogens is 2. The van der Waals surface area contributed by atoms with Crippen LogP contribution in [-0.2, 0) is 9.59 Å². The number of methoxy groups -OCH3 is 2. The number of carbonyl (C=O) groups excluding carboxylic acids is 2. The third kappa shape index (κ3) is 6.20. The van der Waals surface area contributed by atoms with E-state index in [4.69, 9.17) is 26.8 Å². The number of nitrogens with two attached hydrogens (primary N) is 1. The monoisotopic (exact) mass is 636 g/mol. The minimum absolute atomic E-state index is 0.0375. The first kappa shape index (κ1) is 30.4. The van der Waals surface area contributed by atoms with Crippen LogP contribution in [0.2, 0.25) is 5.02 Å². The van der Waals surface area contributed by atoms with Gasteiger partial charge in [0.25, 0.3) is 0 Å². The number of nitrogens with one attached hydrogen (secondary N) is 1. The number of ketones is 1. The van der Waals surface area contributed by atoms with Crippen LogP contribution in [0.3, 0.4) is 0 Å². The molecule has 2 aliphatic rings. The van der Waals surface area contributed by atoms with E-state index in [0.717, 1.165) is 5.56 Å². The van der Waals surface area contributed by atoms with Gasteiger partial charge in [-0.25, -0.2) is 0 Å². The van der Waals surface area contributed by atoms with Gasteiger partial charge in [-0.15, -0.1) is 10.2 Å². The van der Waals surface area contributed by atoms with Gasteiger partial charge in [-0.2, -0.15) is 5.26 Å². The number of ether oxygens (including phenoxy) is 2. The van der Waals surface area contributed by atoms with E-state index in [1.807, 2.05) is 26.0 Å². The zero-order valence-electron chi connectivity index (χ0n) is 23.9. The Morgan fingerprint density at radius 2 is 1.95 bits per heavy atom. The van der Waals surface area contributed by atoms with E-state index < -0.39 is 5.92 Å². The number of Topliss-reactive ketones (excluding diaryl/α,β-unsaturated/α-hetero) is 1. The van der Waals surface area contributed by atoms with Crippen molar-refractivity contribution in [2.24, 2.45) is 11.1 Å². The van der Waals surface area contributed by atoms with Crippen LogP contribution in [0.1, 0.15) is 38.2 Å². The second kappa shape index (κ2) is 12.3. The van der Waals surface area contributed by atoms with Gasteiger partial charge in [0.2, 0.25) is 11.0 Å². The van der Waals surface area contributed by atoms with E-state index >= 15 is 0 Å². The molecule has 1 aliphatic carbocycles. The Bertz CT molecular complexity index is 1690. The van der Waals surface area contributed by atoms with Gasteiger partial charge >= 0.3 is 0 Å². The molecule has 13 heteroatoms. The summed E-state index contributed by atoms with van der Waals surface area (Å²) in [5, 5.41) is 22.6. The topological polar surface area (TPSA) is 143 Å². The summed E-state index contributed by atoms with van der Waals surface area (Å²) in [6.45, 7) is 4.06. The highest BCUT2D eigenvalue weighted by Gasteiger charge is 2.45. The first-order valence-electron chi connectivity index (χ1n) is 13.2. The lowest BCUT2D eigenvalue weighted by Gasteiger charge is -2.42. The SMILES string of the molecule is COc1ccc(C2C(C#N)=C(N)N(c3nnc(SCC(=O)Nc4cc(Cl)ccc4OC)s3)C3=C2C(=O)CC(C)(C)C3)cc1. The fourth-order valence-corrected chi connectivity index (χ4v) is 7.15. The van der Waals surface area contributed by atoms with Crippen LogP contribution in [0.5, 0.6) is 11.5 Å². The molecule has 0 radical (unpaired) electrons. The van der Waals surface area contributed by atoms with E-state index in [0.29, 0.717) is 55.8 Å². The number of hydrogen-bond donors (Lipinski definition) is 2. The third-order valence-corrected chi connectivity index (χ3v) is 9.46. The Hall–Kier alpha value is -4.05. The number of anilines is 2. The van der Waals surface area contributed by atoms with Crippen molar-refractivity contribution in [3.63, 3.8) is 0 Å². The van der Waals surface area contributed by atoms with Gasteiger partial charge in [0, 0.05) is 22.7 Å². The number of rotatable bonds is 8. The Morgan fingerprint density at radius 1 is 1.21 bits per heavy atom. The molecule has 0 bridgehead atoms. The van der Waals surface area contributed by atoms with Gasteiger partial charge < -0.3 is 20.5 Å². The average Bonchev–Trinajstić information content (AvgIpc) is 3.43. The number of nitriles is 1. The summed E-state index contributed by atoms with van der Waals surface area (Å²) in [7, 11) is 3.09. The smallest absolute Gasteiger partial charge is 0.234 e. The summed E-state index contributed by atoms with van der Waals surface area (Å²) in [6, 6.07) is 14.5. The minimum Gasteiger partial charge on any atom is -0.497 e. The van der Waals surface area contributed by atoms with Crippen LogP contribution in [0.15, 0.2) is 69.5 Å². The number of benzene rings is 2. The molecule has 3 N–H and O–H groups in total. The summed E-state index contributed by atoms with van der Waals surface area (Å²) in [4.78, 5) is 28.1. The molecule has 0 fully saturated rings. The highest BCUT2D eigenvalue weighted by atomic mass is 35.5. The second-order valence-corrected chi connectivity index (χ2v) is 13.4. The molecule has 0 spiro atoms. The van der Waals surface area contributed by atoms with Gasteiger partial charge in [0.15, 0.2) is 10.1 Å². The first-order chi connectivity index (χ1) is 20.5. The Kier molecular flexibility index (Phi) is 8.69. The molecule has 1 unspecified atom stereocenters. The summed E-state index contributed by atoms with van der Waals surface area (Å²) in [6.07, 6.45) is 0.890. The van der Waals surface area contributed by atoms with Crippen LogP contribution < -0.4 is 25.4 Å². The summed E-state index contributed by atoms with van der Waals surface area (Å²) in [5.41, 5.74) is 9.12. The van der Waals surface area contributed by atoms with Crippen molar-refractivity contribution >= 4 is 57.2 Å². The van der Waals surface area contributed by atoms with Crippen LogP contribution in [0, 0.1) is 16.7 Å². The molecule has 43 heavy (non-hydrogen) atoms. The summed E-state index contributed by atoms with van der Waals surface area (Å²) in [5.74, 6) is 0.483. The number of carbonyl (C=O) groups is 2. The van der Waals surface area contributed by atoms with Crippen molar-refractivity contribution in [1.29, 1.82) is 5.26 Å². The normalized spacial score (nSPS) is 17.8. The first-order valence-corrected chi connectivity index (χ1v) is 15.4. The predicted molar refractivity (Wildman–Crippen MR) is 167 cm³/mol. The fraction of sp³-hybridized carbons (Fsp3) is 0.300. The third-order valence-electron chi connectivity index (χ3n) is 7.18. The maximum Gasteiger partial charge on any atom is 0.234 e. The zero-order chi connectivity index (χ0) is 30.9.